The second kappa shape index (κ2) is 5.85. The Bertz CT molecular complexity index is 447. The van der Waals surface area contributed by atoms with E-state index < -0.39 is 0 Å². The molecule has 1 fully saturated rings. The third-order valence-electron chi connectivity index (χ3n) is 3.41. The van der Waals surface area contributed by atoms with E-state index in [1.807, 2.05) is 25.1 Å². The summed E-state index contributed by atoms with van der Waals surface area (Å²) in [5.41, 5.74) is 1.94. The molecule has 98 valence electrons. The number of carbonyl (C=O) groups is 1. The third-order valence-corrected chi connectivity index (χ3v) is 3.90. The van der Waals surface area contributed by atoms with Crippen LogP contribution in [-0.2, 0) is 9.53 Å². The standard InChI is InChI=1S/C14H18BrNO2/c1-3-13-11(6-7-18-13)14(17)16-12-8-10(15)5-4-9(12)2/h4-5,8,11,13H,3,6-7H2,1-2H3,(H,16,17). The van der Waals surface area contributed by atoms with Gasteiger partial charge in [-0.25, -0.2) is 0 Å². The van der Waals surface area contributed by atoms with E-state index in [0.29, 0.717) is 6.61 Å². The molecule has 0 aliphatic carbocycles. The molecule has 1 aromatic carbocycles. The SMILES string of the molecule is CCC1OCCC1C(=O)Nc1cc(Br)ccc1C. The molecule has 18 heavy (non-hydrogen) atoms. The Morgan fingerprint density at radius 1 is 1.56 bits per heavy atom. The number of hydrogen-bond acceptors (Lipinski definition) is 2. The van der Waals surface area contributed by atoms with Crippen molar-refractivity contribution in [2.24, 2.45) is 5.92 Å². The summed E-state index contributed by atoms with van der Waals surface area (Å²) in [6.45, 7) is 4.74. The molecule has 1 aromatic rings. The van der Waals surface area contributed by atoms with Crippen LogP contribution < -0.4 is 5.32 Å². The van der Waals surface area contributed by atoms with Gasteiger partial charge in [-0.1, -0.05) is 28.9 Å². The molecule has 0 aromatic heterocycles. The van der Waals surface area contributed by atoms with E-state index in [4.69, 9.17) is 4.74 Å². The van der Waals surface area contributed by atoms with Crippen molar-refractivity contribution in [2.75, 3.05) is 11.9 Å². The number of carbonyl (C=O) groups excluding carboxylic acids is 1. The molecule has 1 saturated heterocycles. The lowest BCUT2D eigenvalue weighted by atomic mass is 9.98. The lowest BCUT2D eigenvalue weighted by Gasteiger charge is -2.17. The summed E-state index contributed by atoms with van der Waals surface area (Å²) in [6, 6.07) is 5.89. The van der Waals surface area contributed by atoms with Gasteiger partial charge in [0.05, 0.1) is 12.0 Å². The van der Waals surface area contributed by atoms with Crippen molar-refractivity contribution in [3.63, 3.8) is 0 Å². The molecule has 0 radical (unpaired) electrons. The van der Waals surface area contributed by atoms with Crippen LogP contribution >= 0.6 is 15.9 Å². The van der Waals surface area contributed by atoms with Gasteiger partial charge in [0.15, 0.2) is 0 Å². The van der Waals surface area contributed by atoms with Crippen molar-refractivity contribution in [1.29, 1.82) is 0 Å². The van der Waals surface area contributed by atoms with Crippen molar-refractivity contribution in [3.8, 4) is 0 Å². The van der Waals surface area contributed by atoms with Crippen LogP contribution in [0.1, 0.15) is 25.3 Å². The predicted octanol–water partition coefficient (Wildman–Crippen LogP) is 3.51. The fourth-order valence-electron chi connectivity index (χ4n) is 2.31. The molecule has 1 heterocycles. The van der Waals surface area contributed by atoms with Gasteiger partial charge in [0.25, 0.3) is 0 Å². The van der Waals surface area contributed by atoms with Crippen LogP contribution in [0, 0.1) is 12.8 Å². The smallest absolute Gasteiger partial charge is 0.230 e. The Hall–Kier alpha value is -0.870. The highest BCUT2D eigenvalue weighted by molar-refractivity contribution is 9.10. The molecule has 3 nitrogen and oxygen atoms in total. The first kappa shape index (κ1) is 13.6. The molecular weight excluding hydrogens is 294 g/mol. The second-order valence-electron chi connectivity index (χ2n) is 4.66. The summed E-state index contributed by atoms with van der Waals surface area (Å²) < 4.78 is 6.53. The maximum absolute atomic E-state index is 12.2. The topological polar surface area (TPSA) is 38.3 Å². The van der Waals surface area contributed by atoms with Crippen molar-refractivity contribution in [2.45, 2.75) is 32.8 Å². The number of benzene rings is 1. The van der Waals surface area contributed by atoms with E-state index >= 15 is 0 Å². The number of nitrogens with one attached hydrogen (secondary N) is 1. The molecule has 0 saturated carbocycles. The Kier molecular flexibility index (Phi) is 4.40. The molecule has 1 amide bonds. The molecule has 2 unspecified atom stereocenters. The molecule has 0 spiro atoms. The molecule has 1 aliphatic rings. The normalized spacial score (nSPS) is 23.1. The zero-order valence-electron chi connectivity index (χ0n) is 10.7. The molecular formula is C14H18BrNO2. The average Bonchev–Trinajstić information content (AvgIpc) is 2.82. The maximum atomic E-state index is 12.2. The van der Waals surface area contributed by atoms with Crippen LogP contribution in [0.15, 0.2) is 22.7 Å². The van der Waals surface area contributed by atoms with Gasteiger partial charge in [0.2, 0.25) is 5.91 Å². The van der Waals surface area contributed by atoms with Gasteiger partial charge in [-0.2, -0.15) is 0 Å². The van der Waals surface area contributed by atoms with Gasteiger partial charge in [0.1, 0.15) is 0 Å². The number of aryl methyl sites for hydroxylation is 1. The minimum absolute atomic E-state index is 0.0200. The fraction of sp³-hybridized carbons (Fsp3) is 0.500. The van der Waals surface area contributed by atoms with Gasteiger partial charge in [-0.3, -0.25) is 4.79 Å². The Morgan fingerprint density at radius 3 is 3.06 bits per heavy atom. The third kappa shape index (κ3) is 2.93. The van der Waals surface area contributed by atoms with Gasteiger partial charge in [-0.05, 0) is 37.5 Å². The van der Waals surface area contributed by atoms with Crippen molar-refractivity contribution < 1.29 is 9.53 Å². The van der Waals surface area contributed by atoms with Crippen LogP contribution in [-0.4, -0.2) is 18.6 Å². The van der Waals surface area contributed by atoms with Gasteiger partial charge in [0, 0.05) is 16.8 Å². The fourth-order valence-corrected chi connectivity index (χ4v) is 2.67. The molecule has 0 bridgehead atoms. The highest BCUT2D eigenvalue weighted by atomic mass is 79.9. The number of rotatable bonds is 3. The summed E-state index contributed by atoms with van der Waals surface area (Å²) >= 11 is 3.42. The van der Waals surface area contributed by atoms with Crippen molar-refractivity contribution >= 4 is 27.5 Å². The van der Waals surface area contributed by atoms with Crippen LogP contribution in [0.2, 0.25) is 0 Å². The summed E-state index contributed by atoms with van der Waals surface area (Å²) in [7, 11) is 0. The second-order valence-corrected chi connectivity index (χ2v) is 5.58. The van der Waals surface area contributed by atoms with E-state index in [2.05, 4.69) is 28.2 Å². The number of ether oxygens (including phenoxy) is 1. The quantitative estimate of drug-likeness (QED) is 0.927. The summed E-state index contributed by atoms with van der Waals surface area (Å²) in [4.78, 5) is 12.2. The first-order chi connectivity index (χ1) is 8.61. The first-order valence-electron chi connectivity index (χ1n) is 6.30. The lowest BCUT2D eigenvalue weighted by Crippen LogP contribution is -2.29. The van der Waals surface area contributed by atoms with Crippen molar-refractivity contribution in [3.05, 3.63) is 28.2 Å². The highest BCUT2D eigenvalue weighted by Crippen LogP contribution is 2.26. The van der Waals surface area contributed by atoms with Gasteiger partial charge < -0.3 is 10.1 Å². The number of halogens is 1. The number of anilines is 1. The summed E-state index contributed by atoms with van der Waals surface area (Å²) in [5.74, 6) is 0.0499. The maximum Gasteiger partial charge on any atom is 0.230 e. The number of hydrogen-bond donors (Lipinski definition) is 1. The van der Waals surface area contributed by atoms with E-state index in [1.54, 1.807) is 0 Å². The van der Waals surface area contributed by atoms with E-state index in [1.165, 1.54) is 0 Å². The zero-order valence-corrected chi connectivity index (χ0v) is 12.3. The average molecular weight is 312 g/mol. The first-order valence-corrected chi connectivity index (χ1v) is 7.09. The van der Waals surface area contributed by atoms with Crippen molar-refractivity contribution in [1.82, 2.24) is 0 Å². The van der Waals surface area contributed by atoms with Crippen LogP contribution in [0.4, 0.5) is 5.69 Å². The molecule has 2 rings (SSSR count). The summed E-state index contributed by atoms with van der Waals surface area (Å²) in [5, 5.41) is 3.01. The molecule has 1 N–H and O–H groups in total. The Labute approximate surface area is 116 Å². The van der Waals surface area contributed by atoms with Crippen LogP contribution in [0.5, 0.6) is 0 Å². The van der Waals surface area contributed by atoms with E-state index in [9.17, 15) is 4.79 Å². The largest absolute Gasteiger partial charge is 0.377 e. The van der Waals surface area contributed by atoms with E-state index in [0.717, 1.165) is 28.6 Å². The highest BCUT2D eigenvalue weighted by Gasteiger charge is 2.32. The van der Waals surface area contributed by atoms with Crippen LogP contribution in [0.3, 0.4) is 0 Å². The monoisotopic (exact) mass is 311 g/mol. The minimum atomic E-state index is -0.0200. The lowest BCUT2D eigenvalue weighted by molar-refractivity contribution is -0.121. The van der Waals surface area contributed by atoms with Crippen LogP contribution in [0.25, 0.3) is 0 Å². The summed E-state index contributed by atoms with van der Waals surface area (Å²) in [6.07, 6.45) is 1.77. The Balaban J connectivity index is 2.09. The zero-order chi connectivity index (χ0) is 13.1. The number of amides is 1. The van der Waals surface area contributed by atoms with Gasteiger partial charge in [-0.15, -0.1) is 0 Å². The molecule has 4 heteroatoms. The molecule has 1 aliphatic heterocycles. The minimum Gasteiger partial charge on any atom is -0.377 e. The molecule has 2 atom stereocenters. The predicted molar refractivity (Wildman–Crippen MR) is 75.6 cm³/mol. The van der Waals surface area contributed by atoms with E-state index in [-0.39, 0.29) is 17.9 Å². The van der Waals surface area contributed by atoms with Gasteiger partial charge >= 0.3 is 0 Å². The Morgan fingerprint density at radius 2 is 2.33 bits per heavy atom.